The van der Waals surface area contributed by atoms with Gasteiger partial charge in [-0.05, 0) is 44.0 Å². The third kappa shape index (κ3) is 2.16. The Hall–Kier alpha value is -2.04. The van der Waals surface area contributed by atoms with Crippen molar-refractivity contribution in [2.75, 3.05) is 11.9 Å². The van der Waals surface area contributed by atoms with Gasteiger partial charge in [-0.3, -0.25) is 4.79 Å². The van der Waals surface area contributed by atoms with Crippen LogP contribution in [-0.4, -0.2) is 22.0 Å². The highest BCUT2D eigenvalue weighted by Crippen LogP contribution is 2.23. The van der Waals surface area contributed by atoms with E-state index in [4.69, 9.17) is 5.73 Å². The van der Waals surface area contributed by atoms with E-state index in [1.54, 1.807) is 0 Å². The third-order valence-corrected chi connectivity index (χ3v) is 3.01. The maximum Gasteiger partial charge on any atom is 0.237 e. The standard InChI is InChI=1S/C13H18N4O/c1-4-15-13-16-10-5-8(2)9(3)6-11(10)17(13)7-12(14)18/h5-6H,4,7H2,1-3H3,(H2,14,18)(H,15,16). The van der Waals surface area contributed by atoms with Gasteiger partial charge in [0, 0.05) is 6.54 Å². The Bertz CT molecular complexity index is 601. The van der Waals surface area contributed by atoms with Crippen molar-refractivity contribution in [2.45, 2.75) is 27.3 Å². The zero-order valence-electron chi connectivity index (χ0n) is 10.9. The number of anilines is 1. The van der Waals surface area contributed by atoms with Crippen LogP contribution in [0.3, 0.4) is 0 Å². The number of fused-ring (bicyclic) bond motifs is 1. The van der Waals surface area contributed by atoms with E-state index in [0.717, 1.165) is 17.6 Å². The summed E-state index contributed by atoms with van der Waals surface area (Å²) in [5.74, 6) is 0.322. The van der Waals surface area contributed by atoms with Crippen LogP contribution >= 0.6 is 0 Å². The molecule has 0 spiro atoms. The number of nitrogens with two attached hydrogens (primary N) is 1. The van der Waals surface area contributed by atoms with Gasteiger partial charge in [0.1, 0.15) is 6.54 Å². The Morgan fingerprint density at radius 1 is 1.39 bits per heavy atom. The van der Waals surface area contributed by atoms with Crippen molar-refractivity contribution in [1.29, 1.82) is 0 Å². The summed E-state index contributed by atoms with van der Waals surface area (Å²) in [6, 6.07) is 4.07. The molecule has 0 aliphatic rings. The van der Waals surface area contributed by atoms with Crippen LogP contribution in [0.2, 0.25) is 0 Å². The number of aryl methyl sites for hydroxylation is 2. The van der Waals surface area contributed by atoms with Gasteiger partial charge in [0.15, 0.2) is 0 Å². The Morgan fingerprint density at radius 2 is 2.06 bits per heavy atom. The molecule has 18 heavy (non-hydrogen) atoms. The first-order valence-electron chi connectivity index (χ1n) is 6.02. The summed E-state index contributed by atoms with van der Waals surface area (Å²) >= 11 is 0. The molecular weight excluding hydrogens is 228 g/mol. The molecule has 0 unspecified atom stereocenters. The van der Waals surface area contributed by atoms with E-state index in [2.05, 4.69) is 17.2 Å². The summed E-state index contributed by atoms with van der Waals surface area (Å²) in [5, 5.41) is 3.15. The van der Waals surface area contributed by atoms with Crippen LogP contribution < -0.4 is 11.1 Å². The summed E-state index contributed by atoms with van der Waals surface area (Å²) < 4.78 is 1.83. The van der Waals surface area contributed by atoms with E-state index in [1.807, 2.05) is 30.5 Å². The maximum absolute atomic E-state index is 11.2. The molecule has 1 aromatic heterocycles. The Kier molecular flexibility index (Phi) is 3.23. The average molecular weight is 246 g/mol. The predicted molar refractivity (Wildman–Crippen MR) is 72.6 cm³/mol. The molecule has 2 aromatic rings. The molecular formula is C13H18N4O. The second-order valence-electron chi connectivity index (χ2n) is 4.44. The van der Waals surface area contributed by atoms with Gasteiger partial charge in [0.25, 0.3) is 0 Å². The maximum atomic E-state index is 11.2. The Labute approximate surface area is 106 Å². The summed E-state index contributed by atoms with van der Waals surface area (Å²) in [5.41, 5.74) is 9.48. The number of carbonyl (C=O) groups excluding carboxylic acids is 1. The van der Waals surface area contributed by atoms with Gasteiger partial charge in [-0.25, -0.2) is 4.98 Å². The molecule has 0 fully saturated rings. The lowest BCUT2D eigenvalue weighted by Gasteiger charge is -2.07. The fourth-order valence-electron chi connectivity index (χ4n) is 1.99. The summed E-state index contributed by atoms with van der Waals surface area (Å²) in [7, 11) is 0. The van der Waals surface area contributed by atoms with Crippen molar-refractivity contribution >= 4 is 22.9 Å². The number of nitrogens with zero attached hydrogens (tertiary/aromatic N) is 2. The summed E-state index contributed by atoms with van der Waals surface area (Å²) in [6.07, 6.45) is 0. The molecule has 0 radical (unpaired) electrons. The fraction of sp³-hybridized carbons (Fsp3) is 0.385. The number of carbonyl (C=O) groups is 1. The average Bonchev–Trinajstić information content (AvgIpc) is 2.58. The number of benzene rings is 1. The normalized spacial score (nSPS) is 10.8. The number of hydrogen-bond donors (Lipinski definition) is 2. The third-order valence-electron chi connectivity index (χ3n) is 3.01. The van der Waals surface area contributed by atoms with Gasteiger partial charge in [-0.15, -0.1) is 0 Å². The van der Waals surface area contributed by atoms with Crippen LogP contribution in [0.15, 0.2) is 12.1 Å². The first-order valence-corrected chi connectivity index (χ1v) is 6.02. The summed E-state index contributed by atoms with van der Waals surface area (Å²) in [6.45, 7) is 6.98. The highest BCUT2D eigenvalue weighted by Gasteiger charge is 2.12. The molecule has 5 nitrogen and oxygen atoms in total. The molecule has 0 bridgehead atoms. The first kappa shape index (κ1) is 12.4. The highest BCUT2D eigenvalue weighted by molar-refractivity contribution is 5.83. The van der Waals surface area contributed by atoms with Crippen LogP contribution in [0, 0.1) is 13.8 Å². The molecule has 3 N–H and O–H groups in total. The quantitative estimate of drug-likeness (QED) is 0.860. The number of rotatable bonds is 4. The minimum atomic E-state index is -0.369. The minimum absolute atomic E-state index is 0.140. The van der Waals surface area contributed by atoms with Crippen LogP contribution in [-0.2, 0) is 11.3 Å². The molecule has 0 atom stereocenters. The zero-order chi connectivity index (χ0) is 13.3. The first-order chi connectivity index (χ1) is 8.52. The molecule has 1 heterocycles. The second-order valence-corrected chi connectivity index (χ2v) is 4.44. The van der Waals surface area contributed by atoms with Gasteiger partial charge >= 0.3 is 0 Å². The Balaban J connectivity index is 2.64. The molecule has 96 valence electrons. The number of nitrogens with one attached hydrogen (secondary N) is 1. The Morgan fingerprint density at radius 3 is 2.67 bits per heavy atom. The van der Waals surface area contributed by atoms with Gasteiger partial charge in [0.05, 0.1) is 11.0 Å². The topological polar surface area (TPSA) is 72.9 Å². The van der Waals surface area contributed by atoms with Crippen LogP contribution in [0.25, 0.3) is 11.0 Å². The number of imidazole rings is 1. The number of aromatic nitrogens is 2. The van der Waals surface area contributed by atoms with Crippen molar-refractivity contribution in [3.8, 4) is 0 Å². The monoisotopic (exact) mass is 246 g/mol. The highest BCUT2D eigenvalue weighted by atomic mass is 16.1. The van der Waals surface area contributed by atoms with E-state index in [0.29, 0.717) is 5.95 Å². The molecule has 0 saturated heterocycles. The van der Waals surface area contributed by atoms with E-state index in [-0.39, 0.29) is 12.5 Å². The number of hydrogen-bond acceptors (Lipinski definition) is 3. The van der Waals surface area contributed by atoms with Crippen molar-refractivity contribution < 1.29 is 4.79 Å². The van der Waals surface area contributed by atoms with E-state index in [9.17, 15) is 4.79 Å². The molecule has 0 saturated carbocycles. The predicted octanol–water partition coefficient (Wildman–Crippen LogP) is 1.57. The van der Waals surface area contributed by atoms with Gasteiger partial charge in [-0.1, -0.05) is 0 Å². The molecule has 1 aromatic carbocycles. The lowest BCUT2D eigenvalue weighted by Crippen LogP contribution is -2.20. The fourth-order valence-corrected chi connectivity index (χ4v) is 1.99. The smallest absolute Gasteiger partial charge is 0.237 e. The van der Waals surface area contributed by atoms with Crippen molar-refractivity contribution in [1.82, 2.24) is 9.55 Å². The molecule has 1 amide bonds. The van der Waals surface area contributed by atoms with Crippen LogP contribution in [0.4, 0.5) is 5.95 Å². The number of amides is 1. The molecule has 0 aliphatic heterocycles. The number of primary amides is 1. The minimum Gasteiger partial charge on any atom is -0.368 e. The molecule has 0 aliphatic carbocycles. The van der Waals surface area contributed by atoms with Crippen molar-refractivity contribution in [2.24, 2.45) is 5.73 Å². The van der Waals surface area contributed by atoms with Gasteiger partial charge < -0.3 is 15.6 Å². The van der Waals surface area contributed by atoms with Crippen LogP contribution in [0.1, 0.15) is 18.1 Å². The van der Waals surface area contributed by atoms with Gasteiger partial charge in [-0.2, -0.15) is 0 Å². The van der Waals surface area contributed by atoms with Gasteiger partial charge in [0.2, 0.25) is 11.9 Å². The largest absolute Gasteiger partial charge is 0.368 e. The molecule has 2 rings (SSSR count). The van der Waals surface area contributed by atoms with Crippen molar-refractivity contribution in [3.05, 3.63) is 23.3 Å². The van der Waals surface area contributed by atoms with Crippen molar-refractivity contribution in [3.63, 3.8) is 0 Å². The SMILES string of the molecule is CCNc1nc2cc(C)c(C)cc2n1CC(N)=O. The van der Waals surface area contributed by atoms with Crippen LogP contribution in [0.5, 0.6) is 0 Å². The second kappa shape index (κ2) is 4.68. The van der Waals surface area contributed by atoms with E-state index >= 15 is 0 Å². The lowest BCUT2D eigenvalue weighted by atomic mass is 10.1. The zero-order valence-corrected chi connectivity index (χ0v) is 10.9. The summed E-state index contributed by atoms with van der Waals surface area (Å²) in [4.78, 5) is 15.7. The molecule has 5 heteroatoms. The van der Waals surface area contributed by atoms with E-state index < -0.39 is 0 Å². The van der Waals surface area contributed by atoms with E-state index in [1.165, 1.54) is 11.1 Å². The lowest BCUT2D eigenvalue weighted by molar-refractivity contribution is -0.118.